The summed E-state index contributed by atoms with van der Waals surface area (Å²) in [5.74, 6) is 1.31. The molecule has 0 radical (unpaired) electrons. The number of anilines is 1. The Morgan fingerprint density at radius 1 is 1.48 bits per heavy atom. The third-order valence-corrected chi connectivity index (χ3v) is 4.07. The van der Waals surface area contributed by atoms with Gasteiger partial charge in [-0.15, -0.1) is 24.8 Å². The zero-order chi connectivity index (χ0) is 15.2. The van der Waals surface area contributed by atoms with Crippen molar-refractivity contribution in [1.82, 2.24) is 5.32 Å². The molecule has 1 saturated heterocycles. The third-order valence-electron chi connectivity index (χ3n) is 4.07. The molecule has 0 aromatic heterocycles. The lowest BCUT2D eigenvalue weighted by Crippen LogP contribution is -2.36. The SMILES string of the molecule is COc1cccc(N2CCC(CNC(=O)C(C)CN)C2)c1.Cl.Cl. The number of carbonyl (C=O) groups excluding carboxylic acids is 1. The molecule has 0 saturated carbocycles. The minimum absolute atomic E-state index is 0. The van der Waals surface area contributed by atoms with Gasteiger partial charge < -0.3 is 20.7 Å². The number of nitrogens with two attached hydrogens (primary N) is 1. The lowest BCUT2D eigenvalue weighted by atomic mass is 10.1. The molecule has 1 heterocycles. The highest BCUT2D eigenvalue weighted by atomic mass is 35.5. The number of benzene rings is 1. The van der Waals surface area contributed by atoms with Crippen LogP contribution in [-0.2, 0) is 4.79 Å². The van der Waals surface area contributed by atoms with Crippen LogP contribution in [0.15, 0.2) is 24.3 Å². The fraction of sp³-hybridized carbons (Fsp3) is 0.562. The minimum atomic E-state index is -0.110. The van der Waals surface area contributed by atoms with E-state index in [9.17, 15) is 4.79 Å². The zero-order valence-corrected chi connectivity index (χ0v) is 15.3. The van der Waals surface area contributed by atoms with E-state index in [1.807, 2.05) is 19.1 Å². The van der Waals surface area contributed by atoms with Crippen LogP contribution in [0.5, 0.6) is 5.75 Å². The predicted molar refractivity (Wildman–Crippen MR) is 99.0 cm³/mol. The maximum Gasteiger partial charge on any atom is 0.224 e. The normalized spacial score (nSPS) is 17.7. The molecule has 1 amide bonds. The molecule has 1 fully saturated rings. The summed E-state index contributed by atoms with van der Waals surface area (Å²) in [6.45, 7) is 4.95. The summed E-state index contributed by atoms with van der Waals surface area (Å²) in [5, 5.41) is 3.00. The highest BCUT2D eigenvalue weighted by molar-refractivity contribution is 5.85. The van der Waals surface area contributed by atoms with Gasteiger partial charge in [0.15, 0.2) is 0 Å². The Morgan fingerprint density at radius 2 is 2.22 bits per heavy atom. The number of nitrogens with one attached hydrogen (secondary N) is 1. The molecule has 3 N–H and O–H groups in total. The van der Waals surface area contributed by atoms with Crippen molar-refractivity contribution >= 4 is 36.4 Å². The van der Waals surface area contributed by atoms with Crippen molar-refractivity contribution in [2.75, 3.05) is 38.2 Å². The summed E-state index contributed by atoms with van der Waals surface area (Å²) in [7, 11) is 1.68. The molecule has 132 valence electrons. The molecule has 0 bridgehead atoms. The number of amides is 1. The Bertz CT molecular complexity index is 488. The second-order valence-corrected chi connectivity index (χ2v) is 5.68. The average Bonchev–Trinajstić information content (AvgIpc) is 3.00. The van der Waals surface area contributed by atoms with E-state index in [-0.39, 0.29) is 36.6 Å². The number of hydrogen-bond acceptors (Lipinski definition) is 4. The van der Waals surface area contributed by atoms with Gasteiger partial charge in [0.2, 0.25) is 5.91 Å². The highest BCUT2D eigenvalue weighted by Gasteiger charge is 2.23. The molecule has 2 rings (SSSR count). The summed E-state index contributed by atoms with van der Waals surface area (Å²) in [6, 6.07) is 8.11. The van der Waals surface area contributed by atoms with Crippen molar-refractivity contribution in [2.45, 2.75) is 13.3 Å². The number of halogens is 2. The van der Waals surface area contributed by atoms with Crippen LogP contribution in [0.2, 0.25) is 0 Å². The quantitative estimate of drug-likeness (QED) is 0.811. The molecule has 2 atom stereocenters. The van der Waals surface area contributed by atoms with Gasteiger partial charge in [0, 0.05) is 43.9 Å². The number of ether oxygens (including phenoxy) is 1. The molecule has 0 aliphatic carbocycles. The van der Waals surface area contributed by atoms with Crippen LogP contribution in [0.1, 0.15) is 13.3 Å². The monoisotopic (exact) mass is 363 g/mol. The van der Waals surface area contributed by atoms with Gasteiger partial charge in [-0.1, -0.05) is 13.0 Å². The molecule has 0 spiro atoms. The van der Waals surface area contributed by atoms with Crippen LogP contribution >= 0.6 is 24.8 Å². The standard InChI is InChI=1S/C16H25N3O2.2ClH/c1-12(9-17)16(20)18-10-13-6-7-19(11-13)14-4-3-5-15(8-14)21-2;;/h3-5,8,12-13H,6-7,9-11,17H2,1-2H3,(H,18,20);2*1H. The van der Waals surface area contributed by atoms with E-state index in [0.29, 0.717) is 12.5 Å². The van der Waals surface area contributed by atoms with E-state index in [1.165, 1.54) is 5.69 Å². The molecule has 5 nitrogen and oxygen atoms in total. The van der Waals surface area contributed by atoms with Gasteiger partial charge in [0.05, 0.1) is 7.11 Å². The van der Waals surface area contributed by atoms with Gasteiger partial charge >= 0.3 is 0 Å². The minimum Gasteiger partial charge on any atom is -0.497 e. The maximum atomic E-state index is 11.7. The number of rotatable bonds is 6. The molecule has 2 unspecified atom stereocenters. The third kappa shape index (κ3) is 6.09. The van der Waals surface area contributed by atoms with E-state index in [4.69, 9.17) is 10.5 Å². The van der Waals surface area contributed by atoms with Crippen molar-refractivity contribution in [2.24, 2.45) is 17.6 Å². The first-order chi connectivity index (χ1) is 10.1. The van der Waals surface area contributed by atoms with Gasteiger partial charge in [-0.2, -0.15) is 0 Å². The number of nitrogens with zero attached hydrogens (tertiary/aromatic N) is 1. The van der Waals surface area contributed by atoms with Crippen molar-refractivity contribution in [3.05, 3.63) is 24.3 Å². The largest absolute Gasteiger partial charge is 0.497 e. The fourth-order valence-electron chi connectivity index (χ4n) is 2.57. The number of carbonyl (C=O) groups is 1. The second-order valence-electron chi connectivity index (χ2n) is 5.68. The van der Waals surface area contributed by atoms with Gasteiger partial charge in [-0.05, 0) is 24.5 Å². The summed E-state index contributed by atoms with van der Waals surface area (Å²) in [6.07, 6.45) is 1.09. The predicted octanol–water partition coefficient (Wildman–Crippen LogP) is 2.08. The molecule has 1 aromatic rings. The Kier molecular flexibility index (Phi) is 10.0. The van der Waals surface area contributed by atoms with Gasteiger partial charge in [-0.3, -0.25) is 4.79 Å². The van der Waals surface area contributed by atoms with E-state index in [2.05, 4.69) is 22.3 Å². The zero-order valence-electron chi connectivity index (χ0n) is 13.7. The van der Waals surface area contributed by atoms with Gasteiger partial charge in [0.25, 0.3) is 0 Å². The first-order valence-electron chi connectivity index (χ1n) is 7.50. The van der Waals surface area contributed by atoms with E-state index < -0.39 is 0 Å². The molecular formula is C16H27Cl2N3O2. The van der Waals surface area contributed by atoms with Crippen LogP contribution in [0, 0.1) is 11.8 Å². The fourth-order valence-corrected chi connectivity index (χ4v) is 2.57. The maximum absolute atomic E-state index is 11.7. The molecule has 23 heavy (non-hydrogen) atoms. The molecular weight excluding hydrogens is 337 g/mol. The van der Waals surface area contributed by atoms with Crippen LogP contribution in [0.3, 0.4) is 0 Å². The van der Waals surface area contributed by atoms with Crippen molar-refractivity contribution in [3.8, 4) is 5.75 Å². The van der Waals surface area contributed by atoms with Crippen molar-refractivity contribution < 1.29 is 9.53 Å². The summed E-state index contributed by atoms with van der Waals surface area (Å²) in [4.78, 5) is 14.1. The van der Waals surface area contributed by atoms with Crippen LogP contribution in [-0.4, -0.2) is 39.2 Å². The molecule has 1 aliphatic rings. The second kappa shape index (κ2) is 10.6. The van der Waals surface area contributed by atoms with Crippen LogP contribution in [0.25, 0.3) is 0 Å². The summed E-state index contributed by atoms with van der Waals surface area (Å²) in [5.41, 5.74) is 6.68. The molecule has 7 heteroatoms. The van der Waals surface area contributed by atoms with Crippen molar-refractivity contribution in [1.29, 1.82) is 0 Å². The van der Waals surface area contributed by atoms with Gasteiger partial charge in [0.1, 0.15) is 5.75 Å². The Hall–Kier alpha value is -1.17. The number of hydrogen-bond donors (Lipinski definition) is 2. The van der Waals surface area contributed by atoms with E-state index >= 15 is 0 Å². The Morgan fingerprint density at radius 3 is 2.87 bits per heavy atom. The lowest BCUT2D eigenvalue weighted by Gasteiger charge is -2.19. The highest BCUT2D eigenvalue weighted by Crippen LogP contribution is 2.26. The first kappa shape index (κ1) is 21.8. The molecule has 1 aromatic carbocycles. The van der Waals surface area contributed by atoms with E-state index in [1.54, 1.807) is 7.11 Å². The van der Waals surface area contributed by atoms with Crippen molar-refractivity contribution in [3.63, 3.8) is 0 Å². The van der Waals surface area contributed by atoms with E-state index in [0.717, 1.165) is 31.8 Å². The van der Waals surface area contributed by atoms with Crippen LogP contribution in [0.4, 0.5) is 5.69 Å². The number of methoxy groups -OCH3 is 1. The summed E-state index contributed by atoms with van der Waals surface area (Å²) >= 11 is 0. The smallest absolute Gasteiger partial charge is 0.224 e. The first-order valence-corrected chi connectivity index (χ1v) is 7.50. The summed E-state index contributed by atoms with van der Waals surface area (Å²) < 4.78 is 5.26. The lowest BCUT2D eigenvalue weighted by molar-refractivity contribution is -0.124. The Balaban J connectivity index is 0.00000242. The van der Waals surface area contributed by atoms with Gasteiger partial charge in [-0.25, -0.2) is 0 Å². The molecule has 1 aliphatic heterocycles. The topological polar surface area (TPSA) is 67.6 Å². The average molecular weight is 364 g/mol. The van der Waals surface area contributed by atoms with Crippen LogP contribution < -0.4 is 20.7 Å². The Labute approximate surface area is 150 Å².